The number of para-hydroxylation sites is 2. The molecule has 0 fully saturated rings. The molecule has 0 spiro atoms. The van der Waals surface area contributed by atoms with E-state index in [9.17, 15) is 21.6 Å². The minimum Gasteiger partial charge on any atom is -0.476 e. The molecule has 1 aromatic heterocycles. The third kappa shape index (κ3) is 5.60. The number of hydrogen-bond donors (Lipinski definition) is 2. The first-order valence-corrected chi connectivity index (χ1v) is 15.0. The maximum absolute atomic E-state index is 13.5. The molecule has 1 aliphatic heterocycles. The number of carbonyl (C=O) groups is 1. The number of aryl methyl sites for hydroxylation is 2. The average Bonchev–Trinajstić information content (AvgIpc) is 2.92. The van der Waals surface area contributed by atoms with Crippen LogP contribution in [0.5, 0.6) is 5.75 Å². The Morgan fingerprint density at radius 3 is 2.27 bits per heavy atom. The lowest BCUT2D eigenvalue weighted by Crippen LogP contribution is -2.48. The molecule has 0 radical (unpaired) electrons. The van der Waals surface area contributed by atoms with Gasteiger partial charge in [-0.2, -0.15) is 0 Å². The van der Waals surface area contributed by atoms with Crippen molar-refractivity contribution in [1.29, 1.82) is 0 Å². The van der Waals surface area contributed by atoms with Crippen LogP contribution in [0, 0.1) is 13.8 Å². The number of nitrogens with zero attached hydrogens (tertiary/aromatic N) is 3. The van der Waals surface area contributed by atoms with Crippen LogP contribution in [0.2, 0.25) is 0 Å². The van der Waals surface area contributed by atoms with Gasteiger partial charge in [-0.1, -0.05) is 29.8 Å². The number of benzene rings is 3. The Hall–Kier alpha value is -4.49. The summed E-state index contributed by atoms with van der Waals surface area (Å²) in [6.07, 6.45) is 0.274. The summed E-state index contributed by atoms with van der Waals surface area (Å²) in [5.41, 5.74) is 2.14. The molecule has 1 amide bonds. The summed E-state index contributed by atoms with van der Waals surface area (Å²) in [5, 5.41) is 2.67. The van der Waals surface area contributed by atoms with Crippen molar-refractivity contribution in [1.82, 2.24) is 9.97 Å². The molecule has 4 aromatic rings. The van der Waals surface area contributed by atoms with E-state index < -0.39 is 32.1 Å². The second kappa shape index (κ2) is 10.6. The smallest absolute Gasteiger partial charge is 0.267 e. The molecule has 0 bridgehead atoms. The molecule has 5 rings (SSSR count). The molecule has 13 heteroatoms. The molecule has 1 atom stereocenters. The Kier molecular flexibility index (Phi) is 7.17. The van der Waals surface area contributed by atoms with Gasteiger partial charge in [0.1, 0.15) is 5.75 Å². The van der Waals surface area contributed by atoms with E-state index in [1.54, 1.807) is 49.4 Å². The van der Waals surface area contributed by atoms with Gasteiger partial charge in [0.15, 0.2) is 6.10 Å². The number of amides is 1. The summed E-state index contributed by atoms with van der Waals surface area (Å²) in [7, 11) is -7.96. The molecule has 40 heavy (non-hydrogen) atoms. The van der Waals surface area contributed by atoms with E-state index in [-0.39, 0.29) is 28.0 Å². The number of anilines is 3. The highest BCUT2D eigenvalue weighted by Crippen LogP contribution is 2.37. The van der Waals surface area contributed by atoms with Crippen molar-refractivity contribution < 1.29 is 26.4 Å². The van der Waals surface area contributed by atoms with E-state index in [0.29, 0.717) is 17.1 Å². The summed E-state index contributed by atoms with van der Waals surface area (Å²) < 4.78 is 61.8. The van der Waals surface area contributed by atoms with Gasteiger partial charge in [0.2, 0.25) is 5.95 Å². The number of carbonyl (C=O) groups excluding carboxylic acids is 1. The molecule has 11 nitrogen and oxygen atoms in total. The molecular formula is C27H25N5O6S2. The van der Waals surface area contributed by atoms with Gasteiger partial charge in [-0.25, -0.2) is 31.5 Å². The van der Waals surface area contributed by atoms with Crippen LogP contribution in [-0.2, 0) is 24.8 Å². The van der Waals surface area contributed by atoms with Crippen LogP contribution in [0.3, 0.4) is 0 Å². The zero-order valence-electron chi connectivity index (χ0n) is 21.5. The van der Waals surface area contributed by atoms with Crippen molar-refractivity contribution in [3.8, 4) is 5.75 Å². The highest BCUT2D eigenvalue weighted by molar-refractivity contribution is 7.93. The maximum atomic E-state index is 13.5. The van der Waals surface area contributed by atoms with Gasteiger partial charge in [-0.05, 0) is 68.4 Å². The van der Waals surface area contributed by atoms with Crippen molar-refractivity contribution in [2.24, 2.45) is 0 Å². The Morgan fingerprint density at radius 2 is 1.57 bits per heavy atom. The minimum atomic E-state index is -3.99. The number of nitrogens with one attached hydrogen (secondary N) is 2. The lowest BCUT2D eigenvalue weighted by molar-refractivity contribution is -0.122. The molecule has 1 aliphatic rings. The Morgan fingerprint density at radius 1 is 0.900 bits per heavy atom. The number of ether oxygens (including phenoxy) is 1. The van der Waals surface area contributed by atoms with Crippen molar-refractivity contribution >= 4 is 43.3 Å². The van der Waals surface area contributed by atoms with Crippen LogP contribution in [-0.4, -0.2) is 45.4 Å². The zero-order chi connectivity index (χ0) is 28.5. The molecule has 0 saturated carbocycles. The van der Waals surface area contributed by atoms with E-state index in [2.05, 4.69) is 20.0 Å². The van der Waals surface area contributed by atoms with Crippen LogP contribution in [0.1, 0.15) is 11.3 Å². The van der Waals surface area contributed by atoms with Gasteiger partial charge < -0.3 is 10.1 Å². The van der Waals surface area contributed by atoms with Crippen molar-refractivity contribution in [3.05, 3.63) is 96.3 Å². The third-order valence-corrected chi connectivity index (χ3v) is 9.23. The lowest BCUT2D eigenvalue weighted by Gasteiger charge is -2.34. The van der Waals surface area contributed by atoms with Gasteiger partial charge in [-0.3, -0.25) is 9.10 Å². The molecule has 1 unspecified atom stereocenters. The molecular weight excluding hydrogens is 554 g/mol. The van der Waals surface area contributed by atoms with Gasteiger partial charge in [-0.15, -0.1) is 0 Å². The summed E-state index contributed by atoms with van der Waals surface area (Å²) in [6, 6.07) is 20.1. The van der Waals surface area contributed by atoms with Crippen molar-refractivity contribution in [3.63, 3.8) is 0 Å². The summed E-state index contributed by atoms with van der Waals surface area (Å²) in [4.78, 5) is 21.2. The fourth-order valence-corrected chi connectivity index (χ4v) is 6.45. The maximum Gasteiger partial charge on any atom is 0.267 e. The van der Waals surface area contributed by atoms with E-state index >= 15 is 0 Å². The Labute approximate surface area is 232 Å². The quantitative estimate of drug-likeness (QED) is 0.338. The fourth-order valence-electron chi connectivity index (χ4n) is 4.02. The first-order chi connectivity index (χ1) is 19.0. The number of aromatic nitrogens is 2. The van der Waals surface area contributed by atoms with Crippen molar-refractivity contribution in [2.45, 2.75) is 29.7 Å². The molecule has 0 aliphatic carbocycles. The van der Waals surface area contributed by atoms with Crippen LogP contribution in [0.25, 0.3) is 0 Å². The lowest BCUT2D eigenvalue weighted by atomic mass is 10.2. The van der Waals surface area contributed by atoms with E-state index in [1.165, 1.54) is 42.6 Å². The molecule has 3 aromatic carbocycles. The first kappa shape index (κ1) is 27.1. The predicted octanol–water partition coefficient (Wildman–Crippen LogP) is 3.49. The van der Waals surface area contributed by atoms with Gasteiger partial charge in [0.05, 0.1) is 22.0 Å². The SMILES string of the molecule is Cc1ccc(S(=O)(=O)N2CC(C(=O)Nc3ccc(S(=O)(=O)Nc4nccc(C)n4)cc3)Oc3ccccc32)cc1. The van der Waals surface area contributed by atoms with Gasteiger partial charge in [0, 0.05) is 17.6 Å². The largest absolute Gasteiger partial charge is 0.476 e. The van der Waals surface area contributed by atoms with E-state index in [4.69, 9.17) is 4.74 Å². The monoisotopic (exact) mass is 579 g/mol. The first-order valence-electron chi connectivity index (χ1n) is 12.1. The summed E-state index contributed by atoms with van der Waals surface area (Å²) >= 11 is 0. The number of sulfonamides is 2. The minimum absolute atomic E-state index is 0.0581. The third-order valence-electron chi connectivity index (χ3n) is 6.09. The predicted molar refractivity (Wildman–Crippen MR) is 149 cm³/mol. The second-order valence-electron chi connectivity index (χ2n) is 9.06. The highest BCUT2D eigenvalue weighted by Gasteiger charge is 2.37. The van der Waals surface area contributed by atoms with Crippen LogP contribution in [0.4, 0.5) is 17.3 Å². The number of rotatable bonds is 7. The zero-order valence-corrected chi connectivity index (χ0v) is 23.1. The molecule has 0 saturated heterocycles. The molecule has 2 heterocycles. The Bertz CT molecular complexity index is 1780. The molecule has 2 N–H and O–H groups in total. The topological polar surface area (TPSA) is 148 Å². The molecule has 206 valence electrons. The van der Waals surface area contributed by atoms with Gasteiger partial charge >= 0.3 is 0 Å². The van der Waals surface area contributed by atoms with Crippen molar-refractivity contribution in [2.75, 3.05) is 20.9 Å². The highest BCUT2D eigenvalue weighted by atomic mass is 32.2. The van der Waals surface area contributed by atoms with E-state index in [1.807, 2.05) is 6.92 Å². The average molecular weight is 580 g/mol. The fraction of sp³-hybridized carbons (Fsp3) is 0.148. The normalized spacial score (nSPS) is 15.1. The van der Waals surface area contributed by atoms with E-state index in [0.717, 1.165) is 9.87 Å². The summed E-state index contributed by atoms with van der Waals surface area (Å²) in [6.45, 7) is 3.31. The number of hydrogen-bond acceptors (Lipinski definition) is 8. The number of fused-ring (bicyclic) bond motifs is 1. The van der Waals surface area contributed by atoms with Crippen LogP contribution >= 0.6 is 0 Å². The van der Waals surface area contributed by atoms with Crippen LogP contribution < -0.4 is 19.1 Å². The van der Waals surface area contributed by atoms with Crippen LogP contribution in [0.15, 0.2) is 94.9 Å². The second-order valence-corrected chi connectivity index (χ2v) is 12.6. The van der Waals surface area contributed by atoms with Gasteiger partial charge in [0.25, 0.3) is 26.0 Å². The Balaban J connectivity index is 1.34. The standard InChI is InChI=1S/C27H25N5O6S2/c1-18-7-11-22(12-8-18)40(36,37)32-17-25(38-24-6-4-3-5-23(24)32)26(33)30-20-9-13-21(14-10-20)39(34,35)31-27-28-16-15-19(2)29-27/h3-16,25H,17H2,1-2H3,(H,30,33)(H,28,29,31). The summed E-state index contributed by atoms with van der Waals surface area (Å²) in [5.74, 6) is -0.409.